The number of hydrogen-bond acceptors (Lipinski definition) is 4. The Morgan fingerprint density at radius 1 is 1.36 bits per heavy atom. The van der Waals surface area contributed by atoms with Gasteiger partial charge in [-0.3, -0.25) is 0 Å². The Labute approximate surface area is 79.6 Å². The van der Waals surface area contributed by atoms with E-state index < -0.39 is 5.63 Å². The number of rotatable bonds is 1. The van der Waals surface area contributed by atoms with E-state index in [1.807, 2.05) is 0 Å². The normalized spacial score (nSPS) is 10.6. The predicted octanol–water partition coefficient (Wildman–Crippen LogP) is 0.957. The Hall–Kier alpha value is -1.81. The summed E-state index contributed by atoms with van der Waals surface area (Å²) in [4.78, 5) is 11.2. The van der Waals surface area contributed by atoms with E-state index in [0.717, 1.165) is 5.39 Å². The van der Waals surface area contributed by atoms with E-state index in [1.54, 1.807) is 12.1 Å². The van der Waals surface area contributed by atoms with Gasteiger partial charge in [-0.1, -0.05) is 0 Å². The minimum absolute atomic E-state index is 0.0705. The van der Waals surface area contributed by atoms with Gasteiger partial charge in [0.05, 0.1) is 5.56 Å². The summed E-state index contributed by atoms with van der Waals surface area (Å²) in [7, 11) is 0. The molecular weight excluding hydrogens is 182 g/mol. The molecule has 0 saturated carbocycles. The van der Waals surface area contributed by atoms with E-state index in [0.29, 0.717) is 11.1 Å². The molecule has 0 aliphatic heterocycles. The van der Waals surface area contributed by atoms with Gasteiger partial charge in [-0.25, -0.2) is 4.79 Å². The van der Waals surface area contributed by atoms with Gasteiger partial charge in [0.1, 0.15) is 11.3 Å². The summed E-state index contributed by atoms with van der Waals surface area (Å²) in [6.45, 7) is 0.152. The highest BCUT2D eigenvalue weighted by Crippen LogP contribution is 2.18. The lowest BCUT2D eigenvalue weighted by Crippen LogP contribution is -2.11. The Morgan fingerprint density at radius 3 is 2.86 bits per heavy atom. The van der Waals surface area contributed by atoms with E-state index >= 15 is 0 Å². The third-order valence-corrected chi connectivity index (χ3v) is 2.01. The van der Waals surface area contributed by atoms with E-state index in [4.69, 9.17) is 15.3 Å². The smallest absolute Gasteiger partial charge is 0.340 e. The number of phenolic OH excluding ortho intramolecular Hbond substituents is 1. The number of aromatic hydroxyl groups is 1. The van der Waals surface area contributed by atoms with Crippen LogP contribution in [0.3, 0.4) is 0 Å². The molecule has 2 aromatic rings. The molecule has 0 unspecified atom stereocenters. The quantitative estimate of drug-likeness (QED) is 0.658. The van der Waals surface area contributed by atoms with Crippen LogP contribution in [0.2, 0.25) is 0 Å². The average Bonchev–Trinajstić information content (AvgIpc) is 2.16. The van der Waals surface area contributed by atoms with Crippen molar-refractivity contribution in [3.63, 3.8) is 0 Å². The van der Waals surface area contributed by atoms with Crippen LogP contribution in [0.4, 0.5) is 0 Å². The fourth-order valence-corrected chi connectivity index (χ4v) is 1.28. The molecule has 4 nitrogen and oxygen atoms in total. The molecule has 0 aliphatic carbocycles. The van der Waals surface area contributed by atoms with Gasteiger partial charge >= 0.3 is 5.63 Å². The molecule has 4 heteroatoms. The van der Waals surface area contributed by atoms with Crippen LogP contribution in [0.1, 0.15) is 5.56 Å². The lowest BCUT2D eigenvalue weighted by Gasteiger charge is -1.99. The highest BCUT2D eigenvalue weighted by molar-refractivity contribution is 5.78. The lowest BCUT2D eigenvalue weighted by atomic mass is 10.2. The summed E-state index contributed by atoms with van der Waals surface area (Å²) in [5.74, 6) is 0.0705. The molecule has 0 radical (unpaired) electrons. The largest absolute Gasteiger partial charge is 0.508 e. The van der Waals surface area contributed by atoms with Crippen LogP contribution in [0, 0.1) is 0 Å². The van der Waals surface area contributed by atoms with Gasteiger partial charge in [-0.2, -0.15) is 0 Å². The summed E-state index contributed by atoms with van der Waals surface area (Å²) < 4.78 is 4.97. The van der Waals surface area contributed by atoms with Crippen molar-refractivity contribution in [1.29, 1.82) is 0 Å². The molecule has 2 rings (SSSR count). The summed E-state index contributed by atoms with van der Waals surface area (Å²) in [5.41, 5.74) is 5.71. The molecule has 3 N–H and O–H groups in total. The van der Waals surface area contributed by atoms with Gasteiger partial charge in [0, 0.05) is 18.0 Å². The molecule has 1 aromatic carbocycles. The van der Waals surface area contributed by atoms with Crippen molar-refractivity contribution in [1.82, 2.24) is 0 Å². The van der Waals surface area contributed by atoms with Crippen LogP contribution in [-0.2, 0) is 6.54 Å². The van der Waals surface area contributed by atoms with Crippen molar-refractivity contribution >= 4 is 11.0 Å². The fourth-order valence-electron chi connectivity index (χ4n) is 1.28. The maximum absolute atomic E-state index is 11.2. The number of benzene rings is 1. The fraction of sp³-hybridized carbons (Fsp3) is 0.100. The molecular formula is C10H9NO3. The van der Waals surface area contributed by atoms with E-state index in [1.165, 1.54) is 12.1 Å². The summed E-state index contributed by atoms with van der Waals surface area (Å²) in [5, 5.41) is 9.91. The minimum atomic E-state index is -0.453. The average molecular weight is 191 g/mol. The molecule has 1 aromatic heterocycles. The molecule has 1 heterocycles. The number of nitrogens with two attached hydrogens (primary N) is 1. The summed E-state index contributed by atoms with van der Waals surface area (Å²) >= 11 is 0. The van der Waals surface area contributed by atoms with Crippen LogP contribution >= 0.6 is 0 Å². The highest BCUT2D eigenvalue weighted by Gasteiger charge is 2.03. The van der Waals surface area contributed by atoms with E-state index in [-0.39, 0.29) is 12.3 Å². The molecule has 14 heavy (non-hydrogen) atoms. The predicted molar refractivity (Wildman–Crippen MR) is 52.0 cm³/mol. The first-order chi connectivity index (χ1) is 6.70. The van der Waals surface area contributed by atoms with Crippen LogP contribution in [-0.4, -0.2) is 5.11 Å². The van der Waals surface area contributed by atoms with Crippen LogP contribution in [0.25, 0.3) is 11.0 Å². The van der Waals surface area contributed by atoms with Crippen LogP contribution < -0.4 is 11.4 Å². The Balaban J connectivity index is 2.79. The first-order valence-electron chi connectivity index (χ1n) is 4.16. The van der Waals surface area contributed by atoms with Gasteiger partial charge in [0.2, 0.25) is 0 Å². The summed E-state index contributed by atoms with van der Waals surface area (Å²) in [6, 6.07) is 6.27. The second-order valence-electron chi connectivity index (χ2n) is 2.99. The van der Waals surface area contributed by atoms with Crippen molar-refractivity contribution in [2.24, 2.45) is 5.73 Å². The van der Waals surface area contributed by atoms with Crippen molar-refractivity contribution in [3.8, 4) is 5.75 Å². The molecule has 72 valence electrons. The monoisotopic (exact) mass is 191 g/mol. The van der Waals surface area contributed by atoms with Gasteiger partial charge < -0.3 is 15.3 Å². The van der Waals surface area contributed by atoms with Crippen molar-refractivity contribution in [2.75, 3.05) is 0 Å². The Morgan fingerprint density at radius 2 is 2.14 bits per heavy atom. The van der Waals surface area contributed by atoms with E-state index in [2.05, 4.69) is 0 Å². The van der Waals surface area contributed by atoms with E-state index in [9.17, 15) is 4.79 Å². The molecule has 0 bridgehead atoms. The SMILES string of the molecule is NCc1cc2ccc(O)cc2oc1=O. The molecule has 0 saturated heterocycles. The maximum atomic E-state index is 11.2. The van der Waals surface area contributed by atoms with Crippen molar-refractivity contribution in [2.45, 2.75) is 6.54 Å². The standard InChI is InChI=1S/C10H9NO3/c11-5-7-3-6-1-2-8(12)4-9(6)14-10(7)13/h1-4,12H,5,11H2. The number of phenols is 1. The molecule has 0 fully saturated rings. The third kappa shape index (κ3) is 1.36. The summed E-state index contributed by atoms with van der Waals surface area (Å²) in [6.07, 6.45) is 0. The topological polar surface area (TPSA) is 76.5 Å². The van der Waals surface area contributed by atoms with Gasteiger partial charge in [0.25, 0.3) is 0 Å². The number of fused-ring (bicyclic) bond motifs is 1. The first kappa shape index (κ1) is 8.77. The van der Waals surface area contributed by atoms with Crippen molar-refractivity contribution < 1.29 is 9.52 Å². The van der Waals surface area contributed by atoms with Gasteiger partial charge in [-0.05, 0) is 18.2 Å². The number of hydrogen-bond donors (Lipinski definition) is 2. The zero-order valence-electron chi connectivity index (χ0n) is 7.36. The molecule has 0 aliphatic rings. The second-order valence-corrected chi connectivity index (χ2v) is 2.99. The van der Waals surface area contributed by atoms with Crippen LogP contribution in [0.15, 0.2) is 33.5 Å². The van der Waals surface area contributed by atoms with Crippen LogP contribution in [0.5, 0.6) is 5.75 Å². The van der Waals surface area contributed by atoms with Crippen molar-refractivity contribution in [3.05, 3.63) is 40.2 Å². The zero-order chi connectivity index (χ0) is 10.1. The first-order valence-corrected chi connectivity index (χ1v) is 4.16. The minimum Gasteiger partial charge on any atom is -0.508 e. The van der Waals surface area contributed by atoms with Gasteiger partial charge in [-0.15, -0.1) is 0 Å². The molecule has 0 atom stereocenters. The lowest BCUT2D eigenvalue weighted by molar-refractivity contribution is 0.473. The highest BCUT2D eigenvalue weighted by atomic mass is 16.4. The second kappa shape index (κ2) is 3.16. The molecule has 0 amide bonds. The molecule has 0 spiro atoms. The third-order valence-electron chi connectivity index (χ3n) is 2.01. The van der Waals surface area contributed by atoms with Gasteiger partial charge in [0.15, 0.2) is 0 Å². The Kier molecular flexibility index (Phi) is 1.98. The zero-order valence-corrected chi connectivity index (χ0v) is 7.36. The maximum Gasteiger partial charge on any atom is 0.340 e. The Bertz CT molecular complexity index is 530.